The third-order valence-electron chi connectivity index (χ3n) is 5.50. The number of carbonyl (C=O) groups excluding carboxylic acids is 1. The maximum atomic E-state index is 13.2. The van der Waals surface area contributed by atoms with Gasteiger partial charge in [-0.15, -0.1) is 0 Å². The fraction of sp³-hybridized carbons (Fsp3) is 0.167. The standard InChI is InChI=1S/C24H20FN3OS/c1-27-22-14-18(23(29)28-13-12-17-4-2-3-5-21(17)28)8-11-20(22)26-24(27)30-15-16-6-9-19(25)10-7-16/h2-11,14H,12-13,15H2,1H3. The molecule has 0 N–H and O–H groups in total. The summed E-state index contributed by atoms with van der Waals surface area (Å²) in [4.78, 5) is 19.7. The van der Waals surface area contributed by atoms with Crippen molar-refractivity contribution in [3.05, 3.63) is 89.2 Å². The average Bonchev–Trinajstić information content (AvgIpc) is 3.34. The molecule has 4 nitrogen and oxygen atoms in total. The number of amides is 1. The minimum absolute atomic E-state index is 0.0172. The molecule has 1 amide bonds. The topological polar surface area (TPSA) is 38.1 Å². The Hall–Kier alpha value is -3.12. The highest BCUT2D eigenvalue weighted by atomic mass is 32.2. The molecule has 0 saturated heterocycles. The number of benzene rings is 3. The molecule has 0 atom stereocenters. The van der Waals surface area contributed by atoms with Crippen molar-refractivity contribution in [1.29, 1.82) is 0 Å². The van der Waals surface area contributed by atoms with Gasteiger partial charge in [0.25, 0.3) is 5.91 Å². The van der Waals surface area contributed by atoms with E-state index >= 15 is 0 Å². The van der Waals surface area contributed by atoms with Crippen molar-refractivity contribution in [1.82, 2.24) is 9.55 Å². The average molecular weight is 418 g/mol. The first-order chi connectivity index (χ1) is 14.6. The highest BCUT2D eigenvalue weighted by Crippen LogP contribution is 2.30. The largest absolute Gasteiger partial charge is 0.322 e. The van der Waals surface area contributed by atoms with Gasteiger partial charge in [-0.2, -0.15) is 0 Å². The number of carbonyl (C=O) groups is 1. The van der Waals surface area contributed by atoms with Crippen LogP contribution in [0.5, 0.6) is 0 Å². The smallest absolute Gasteiger partial charge is 0.258 e. The molecule has 5 rings (SSSR count). The van der Waals surface area contributed by atoms with Crippen molar-refractivity contribution < 1.29 is 9.18 Å². The van der Waals surface area contributed by atoms with Crippen LogP contribution in [0.3, 0.4) is 0 Å². The number of aromatic nitrogens is 2. The molecule has 1 aliphatic rings. The van der Waals surface area contributed by atoms with Crippen LogP contribution in [0.2, 0.25) is 0 Å². The highest BCUT2D eigenvalue weighted by molar-refractivity contribution is 7.98. The summed E-state index contributed by atoms with van der Waals surface area (Å²) in [5.74, 6) is 0.487. The lowest BCUT2D eigenvalue weighted by atomic mass is 10.1. The molecule has 4 aromatic rings. The third kappa shape index (κ3) is 3.37. The van der Waals surface area contributed by atoms with Crippen LogP contribution in [0.15, 0.2) is 71.9 Å². The molecule has 30 heavy (non-hydrogen) atoms. The zero-order valence-electron chi connectivity index (χ0n) is 16.5. The van der Waals surface area contributed by atoms with Crippen LogP contribution in [0, 0.1) is 5.82 Å². The third-order valence-corrected chi connectivity index (χ3v) is 6.60. The lowest BCUT2D eigenvalue weighted by Gasteiger charge is -2.17. The Labute approximate surface area is 178 Å². The number of hydrogen-bond donors (Lipinski definition) is 0. The molecule has 6 heteroatoms. The van der Waals surface area contributed by atoms with Gasteiger partial charge in [0.1, 0.15) is 5.82 Å². The van der Waals surface area contributed by atoms with Crippen molar-refractivity contribution in [2.75, 3.05) is 11.4 Å². The maximum Gasteiger partial charge on any atom is 0.258 e. The number of hydrogen-bond acceptors (Lipinski definition) is 3. The van der Waals surface area contributed by atoms with Crippen molar-refractivity contribution in [2.24, 2.45) is 7.05 Å². The van der Waals surface area contributed by atoms with E-state index in [4.69, 9.17) is 4.98 Å². The number of fused-ring (bicyclic) bond motifs is 2. The Balaban J connectivity index is 1.40. The molecular weight excluding hydrogens is 397 g/mol. The summed E-state index contributed by atoms with van der Waals surface area (Å²) in [5, 5.41) is 0.866. The lowest BCUT2D eigenvalue weighted by molar-refractivity contribution is 0.0989. The van der Waals surface area contributed by atoms with Crippen LogP contribution in [0.4, 0.5) is 10.1 Å². The van der Waals surface area contributed by atoms with E-state index in [0.717, 1.165) is 33.9 Å². The van der Waals surface area contributed by atoms with Crippen molar-refractivity contribution in [2.45, 2.75) is 17.3 Å². The van der Waals surface area contributed by atoms with E-state index in [0.29, 0.717) is 17.9 Å². The molecule has 0 aliphatic carbocycles. The summed E-state index contributed by atoms with van der Waals surface area (Å²) in [5.41, 5.74) is 5.71. The van der Waals surface area contributed by atoms with E-state index in [1.165, 1.54) is 17.7 Å². The number of halogens is 1. The predicted octanol–water partition coefficient (Wildman–Crippen LogP) is 5.21. The molecule has 0 fully saturated rings. The van der Waals surface area contributed by atoms with Gasteiger partial charge in [0.2, 0.25) is 0 Å². The minimum Gasteiger partial charge on any atom is -0.322 e. The van der Waals surface area contributed by atoms with Crippen molar-refractivity contribution >= 4 is 34.4 Å². The second-order valence-corrected chi connectivity index (χ2v) is 8.35. The van der Waals surface area contributed by atoms with Gasteiger partial charge in [0.05, 0.1) is 11.0 Å². The van der Waals surface area contributed by atoms with E-state index in [-0.39, 0.29) is 11.7 Å². The summed E-state index contributed by atoms with van der Waals surface area (Å²) in [6.45, 7) is 0.709. The molecule has 0 unspecified atom stereocenters. The van der Waals surface area contributed by atoms with Crippen LogP contribution < -0.4 is 4.90 Å². The predicted molar refractivity (Wildman–Crippen MR) is 118 cm³/mol. The zero-order chi connectivity index (χ0) is 20.7. The first-order valence-electron chi connectivity index (χ1n) is 9.83. The molecule has 0 saturated carbocycles. The molecule has 0 spiro atoms. The summed E-state index contributed by atoms with van der Waals surface area (Å²) < 4.78 is 15.1. The Morgan fingerprint density at radius 2 is 1.90 bits per heavy atom. The number of aryl methyl sites for hydroxylation is 1. The summed E-state index contributed by atoms with van der Waals surface area (Å²) in [6, 6.07) is 20.3. The Kier molecular flexibility index (Phi) is 4.79. The Morgan fingerprint density at radius 3 is 2.73 bits per heavy atom. The number of thioether (sulfide) groups is 1. The minimum atomic E-state index is -0.232. The van der Waals surface area contributed by atoms with E-state index in [2.05, 4.69) is 6.07 Å². The van der Waals surface area contributed by atoms with E-state index < -0.39 is 0 Å². The number of imidazole rings is 1. The van der Waals surface area contributed by atoms with E-state index in [1.54, 1.807) is 23.9 Å². The van der Waals surface area contributed by atoms with Crippen LogP contribution in [-0.4, -0.2) is 22.0 Å². The first kappa shape index (κ1) is 18.9. The Morgan fingerprint density at radius 1 is 1.10 bits per heavy atom. The van der Waals surface area contributed by atoms with Gasteiger partial charge < -0.3 is 9.47 Å². The summed E-state index contributed by atoms with van der Waals surface area (Å²) in [7, 11) is 1.96. The van der Waals surface area contributed by atoms with E-state index in [9.17, 15) is 9.18 Å². The molecule has 2 heterocycles. The number of anilines is 1. The number of rotatable bonds is 4. The second-order valence-electron chi connectivity index (χ2n) is 7.41. The summed E-state index contributed by atoms with van der Waals surface area (Å²) in [6.07, 6.45) is 0.889. The molecule has 0 radical (unpaired) electrons. The first-order valence-corrected chi connectivity index (χ1v) is 10.8. The Bertz CT molecular complexity index is 1250. The van der Waals surface area contributed by atoms with Gasteiger partial charge in [-0.1, -0.05) is 42.1 Å². The van der Waals surface area contributed by atoms with Gasteiger partial charge in [-0.25, -0.2) is 9.37 Å². The van der Waals surface area contributed by atoms with Crippen LogP contribution >= 0.6 is 11.8 Å². The SMILES string of the molecule is Cn1c(SCc2ccc(F)cc2)nc2ccc(C(=O)N3CCc4ccccc43)cc21. The quantitative estimate of drug-likeness (QED) is 0.428. The van der Waals surface area contributed by atoms with Crippen LogP contribution in [-0.2, 0) is 19.2 Å². The van der Waals surface area contributed by atoms with E-state index in [1.807, 2.05) is 52.9 Å². The fourth-order valence-corrected chi connectivity index (χ4v) is 4.81. The maximum absolute atomic E-state index is 13.2. The molecular formula is C24H20FN3OS. The zero-order valence-corrected chi connectivity index (χ0v) is 17.3. The van der Waals surface area contributed by atoms with Crippen molar-refractivity contribution in [3.8, 4) is 0 Å². The van der Waals surface area contributed by atoms with Gasteiger partial charge in [-0.05, 0) is 53.9 Å². The molecule has 150 valence electrons. The summed E-state index contributed by atoms with van der Waals surface area (Å²) >= 11 is 1.60. The van der Waals surface area contributed by atoms with Crippen LogP contribution in [0.1, 0.15) is 21.5 Å². The molecule has 1 aromatic heterocycles. The molecule has 1 aliphatic heterocycles. The highest BCUT2D eigenvalue weighted by Gasteiger charge is 2.25. The van der Waals surface area contributed by atoms with Gasteiger partial charge in [0, 0.05) is 30.6 Å². The monoisotopic (exact) mass is 417 g/mol. The molecule has 0 bridgehead atoms. The van der Waals surface area contributed by atoms with Crippen molar-refractivity contribution in [3.63, 3.8) is 0 Å². The van der Waals surface area contributed by atoms with Gasteiger partial charge in [0.15, 0.2) is 5.16 Å². The van der Waals surface area contributed by atoms with Gasteiger partial charge >= 0.3 is 0 Å². The number of nitrogens with zero attached hydrogens (tertiary/aromatic N) is 3. The lowest BCUT2D eigenvalue weighted by Crippen LogP contribution is -2.28. The normalized spacial score (nSPS) is 13.1. The van der Waals surface area contributed by atoms with Gasteiger partial charge in [-0.3, -0.25) is 4.79 Å². The van der Waals surface area contributed by atoms with Crippen LogP contribution in [0.25, 0.3) is 11.0 Å². The fourth-order valence-electron chi connectivity index (χ4n) is 3.86. The number of para-hydroxylation sites is 1. The second kappa shape index (κ2) is 7.61. The molecule has 3 aromatic carbocycles.